The number of halogens is 1. The van der Waals surface area contributed by atoms with E-state index in [4.69, 9.17) is 21.1 Å². The highest BCUT2D eigenvalue weighted by Gasteiger charge is 2.34. The summed E-state index contributed by atoms with van der Waals surface area (Å²) in [5.74, 6) is -0.316. The van der Waals surface area contributed by atoms with Crippen LogP contribution in [0.25, 0.3) is 0 Å². The molecule has 0 aliphatic heterocycles. The zero-order valence-electron chi connectivity index (χ0n) is 23.8. The first-order valence-electron chi connectivity index (χ1n) is 13.0. The molecule has 0 radical (unpaired) electrons. The third kappa shape index (κ3) is 8.86. The lowest BCUT2D eigenvalue weighted by molar-refractivity contribution is -0.140. The van der Waals surface area contributed by atoms with Crippen molar-refractivity contribution >= 4 is 39.1 Å². The van der Waals surface area contributed by atoms with E-state index in [1.165, 1.54) is 25.2 Å². The van der Waals surface area contributed by atoms with E-state index in [-0.39, 0.29) is 36.4 Å². The van der Waals surface area contributed by atoms with Crippen molar-refractivity contribution in [2.24, 2.45) is 0 Å². The average molecular weight is 602 g/mol. The SMILES string of the molecule is COc1ccc(OC)c(N(CC(=O)N(Cc2cccc(Cl)c2)[C@H](Cc2ccccc2)C(=O)NC(C)C)S(C)(=O)=O)c1. The van der Waals surface area contributed by atoms with Crippen molar-refractivity contribution in [1.82, 2.24) is 10.2 Å². The molecule has 41 heavy (non-hydrogen) atoms. The smallest absolute Gasteiger partial charge is 0.244 e. The molecule has 11 heteroatoms. The second-order valence-electron chi connectivity index (χ2n) is 9.83. The summed E-state index contributed by atoms with van der Waals surface area (Å²) in [7, 11) is -1.12. The zero-order valence-corrected chi connectivity index (χ0v) is 25.4. The summed E-state index contributed by atoms with van der Waals surface area (Å²) in [4.78, 5) is 29.2. The fourth-order valence-corrected chi connectivity index (χ4v) is 5.41. The molecule has 0 saturated heterocycles. The predicted octanol–water partition coefficient (Wildman–Crippen LogP) is 4.29. The number of nitrogens with one attached hydrogen (secondary N) is 1. The number of methoxy groups -OCH3 is 2. The number of amides is 2. The second-order valence-corrected chi connectivity index (χ2v) is 12.2. The lowest BCUT2D eigenvalue weighted by Gasteiger charge is -2.34. The molecule has 9 nitrogen and oxygen atoms in total. The average Bonchev–Trinajstić information content (AvgIpc) is 2.92. The molecule has 0 unspecified atom stereocenters. The molecule has 0 heterocycles. The topological polar surface area (TPSA) is 105 Å². The molecule has 1 atom stereocenters. The Morgan fingerprint density at radius 3 is 2.20 bits per heavy atom. The Labute approximate surface area is 247 Å². The number of hydrogen-bond donors (Lipinski definition) is 1. The minimum absolute atomic E-state index is 0.0231. The number of carbonyl (C=O) groups is 2. The normalized spacial score (nSPS) is 12.0. The molecule has 0 fully saturated rings. The fourth-order valence-electron chi connectivity index (χ4n) is 4.35. The van der Waals surface area contributed by atoms with Crippen molar-refractivity contribution in [1.29, 1.82) is 0 Å². The molecule has 2 amide bonds. The number of benzene rings is 3. The number of ether oxygens (including phenoxy) is 2. The van der Waals surface area contributed by atoms with Crippen molar-refractivity contribution in [3.05, 3.63) is 88.9 Å². The maximum atomic E-state index is 14.2. The van der Waals surface area contributed by atoms with Gasteiger partial charge in [-0.05, 0) is 49.2 Å². The predicted molar refractivity (Wildman–Crippen MR) is 161 cm³/mol. The Bertz CT molecular complexity index is 1450. The summed E-state index contributed by atoms with van der Waals surface area (Å²) in [6.45, 7) is 3.11. The van der Waals surface area contributed by atoms with Crippen LogP contribution in [-0.2, 0) is 32.6 Å². The van der Waals surface area contributed by atoms with Crippen LogP contribution >= 0.6 is 11.6 Å². The van der Waals surface area contributed by atoms with Gasteiger partial charge in [0, 0.05) is 30.1 Å². The van der Waals surface area contributed by atoms with E-state index < -0.39 is 28.5 Å². The molecule has 3 aromatic rings. The molecular weight excluding hydrogens is 566 g/mol. The molecule has 0 aliphatic carbocycles. The first-order valence-corrected chi connectivity index (χ1v) is 15.2. The summed E-state index contributed by atoms with van der Waals surface area (Å²) < 4.78 is 37.8. The Balaban J connectivity index is 2.11. The van der Waals surface area contributed by atoms with Crippen LogP contribution < -0.4 is 19.1 Å². The van der Waals surface area contributed by atoms with Gasteiger partial charge in [0.05, 0.1) is 26.2 Å². The molecule has 3 aromatic carbocycles. The van der Waals surface area contributed by atoms with Crippen LogP contribution in [0.2, 0.25) is 5.02 Å². The number of carbonyl (C=O) groups excluding carboxylic acids is 2. The molecule has 0 saturated carbocycles. The van der Waals surface area contributed by atoms with Crippen LogP contribution in [0, 0.1) is 0 Å². The van der Waals surface area contributed by atoms with Gasteiger partial charge < -0.3 is 19.7 Å². The fraction of sp³-hybridized carbons (Fsp3) is 0.333. The van der Waals surface area contributed by atoms with Crippen LogP contribution in [0.5, 0.6) is 11.5 Å². The van der Waals surface area contributed by atoms with Gasteiger partial charge in [0.15, 0.2) is 0 Å². The minimum atomic E-state index is -3.98. The Morgan fingerprint density at radius 1 is 0.927 bits per heavy atom. The summed E-state index contributed by atoms with van der Waals surface area (Å²) >= 11 is 6.24. The van der Waals surface area contributed by atoms with Gasteiger partial charge in [-0.25, -0.2) is 8.42 Å². The lowest BCUT2D eigenvalue weighted by atomic mass is 10.0. The van der Waals surface area contributed by atoms with E-state index in [0.717, 1.165) is 16.1 Å². The van der Waals surface area contributed by atoms with Crippen molar-refractivity contribution in [2.75, 3.05) is 31.3 Å². The van der Waals surface area contributed by atoms with Gasteiger partial charge in [-0.15, -0.1) is 0 Å². The summed E-state index contributed by atoms with van der Waals surface area (Å²) in [5, 5.41) is 3.39. The van der Waals surface area contributed by atoms with Gasteiger partial charge >= 0.3 is 0 Å². The summed E-state index contributed by atoms with van der Waals surface area (Å²) in [6.07, 6.45) is 1.22. The van der Waals surface area contributed by atoms with Crippen LogP contribution in [-0.4, -0.2) is 64.2 Å². The standard InChI is InChI=1S/C30H36ClN3O6S/c1-21(2)32-30(36)27(17-22-10-7-6-8-11-22)33(19-23-12-9-13-24(31)16-23)29(35)20-34(41(5,37)38)26-18-25(39-3)14-15-28(26)40-4/h6-16,18,21,27H,17,19-20H2,1-5H3,(H,32,36)/t27-/m1/s1. The van der Waals surface area contributed by atoms with Crippen LogP contribution in [0.4, 0.5) is 5.69 Å². The van der Waals surface area contributed by atoms with Crippen molar-refractivity contribution in [3.8, 4) is 11.5 Å². The van der Waals surface area contributed by atoms with E-state index in [2.05, 4.69) is 5.32 Å². The first-order chi connectivity index (χ1) is 19.4. The van der Waals surface area contributed by atoms with Gasteiger partial charge in [0.25, 0.3) is 0 Å². The lowest BCUT2D eigenvalue weighted by Crippen LogP contribution is -2.54. The maximum Gasteiger partial charge on any atom is 0.244 e. The van der Waals surface area contributed by atoms with Crippen molar-refractivity contribution < 1.29 is 27.5 Å². The van der Waals surface area contributed by atoms with Gasteiger partial charge in [-0.1, -0.05) is 54.1 Å². The van der Waals surface area contributed by atoms with Gasteiger partial charge in [-0.3, -0.25) is 13.9 Å². The molecule has 0 aliphatic rings. The molecule has 0 spiro atoms. The van der Waals surface area contributed by atoms with E-state index in [0.29, 0.717) is 16.3 Å². The monoisotopic (exact) mass is 601 g/mol. The highest BCUT2D eigenvalue weighted by Crippen LogP contribution is 2.34. The Hall–Kier alpha value is -3.76. The molecular formula is C30H36ClN3O6S. The number of hydrogen-bond acceptors (Lipinski definition) is 6. The molecule has 0 bridgehead atoms. The van der Waals surface area contributed by atoms with E-state index in [9.17, 15) is 18.0 Å². The molecule has 220 valence electrons. The Morgan fingerprint density at radius 2 is 1.61 bits per heavy atom. The number of sulfonamides is 1. The third-order valence-corrected chi connectivity index (χ3v) is 7.64. The van der Waals surface area contributed by atoms with Crippen molar-refractivity contribution in [3.63, 3.8) is 0 Å². The Kier molecular flexibility index (Phi) is 11.0. The van der Waals surface area contributed by atoms with Gasteiger partial charge in [-0.2, -0.15) is 0 Å². The zero-order chi connectivity index (χ0) is 30.2. The van der Waals surface area contributed by atoms with Gasteiger partial charge in [0.2, 0.25) is 21.8 Å². The van der Waals surface area contributed by atoms with Crippen LogP contribution in [0.1, 0.15) is 25.0 Å². The number of nitrogens with zero attached hydrogens (tertiary/aromatic N) is 2. The van der Waals surface area contributed by atoms with Crippen LogP contribution in [0.15, 0.2) is 72.8 Å². The second kappa shape index (κ2) is 14.2. The largest absolute Gasteiger partial charge is 0.497 e. The van der Waals surface area contributed by atoms with E-state index >= 15 is 0 Å². The maximum absolute atomic E-state index is 14.2. The van der Waals surface area contributed by atoms with E-state index in [1.54, 1.807) is 36.4 Å². The van der Waals surface area contributed by atoms with E-state index in [1.807, 2.05) is 44.2 Å². The number of anilines is 1. The first kappa shape index (κ1) is 31.8. The molecule has 0 aromatic heterocycles. The molecule has 3 rings (SSSR count). The van der Waals surface area contributed by atoms with Crippen molar-refractivity contribution in [2.45, 2.75) is 38.9 Å². The summed E-state index contributed by atoms with van der Waals surface area (Å²) in [6, 6.07) is 19.9. The summed E-state index contributed by atoms with van der Waals surface area (Å²) in [5.41, 5.74) is 1.66. The highest BCUT2D eigenvalue weighted by molar-refractivity contribution is 7.92. The van der Waals surface area contributed by atoms with Gasteiger partial charge in [0.1, 0.15) is 24.1 Å². The quantitative estimate of drug-likeness (QED) is 0.313. The third-order valence-electron chi connectivity index (χ3n) is 6.28. The molecule has 1 N–H and O–H groups in total. The number of rotatable bonds is 13. The minimum Gasteiger partial charge on any atom is -0.497 e. The van der Waals surface area contributed by atoms with Crippen LogP contribution in [0.3, 0.4) is 0 Å². The highest BCUT2D eigenvalue weighted by atomic mass is 35.5.